The van der Waals surface area contributed by atoms with Crippen LogP contribution in [-0.2, 0) is 6.54 Å². The zero-order chi connectivity index (χ0) is 12.3. The number of carbonyl (C=O) groups is 1. The van der Waals surface area contributed by atoms with Crippen molar-refractivity contribution in [3.63, 3.8) is 0 Å². The number of pyridine rings is 1. The summed E-state index contributed by atoms with van der Waals surface area (Å²) in [6.45, 7) is 1.84. The number of halogens is 1. The van der Waals surface area contributed by atoms with E-state index in [0.717, 1.165) is 0 Å². The van der Waals surface area contributed by atoms with Crippen LogP contribution in [0.5, 0.6) is 0 Å². The Morgan fingerprint density at radius 2 is 2.35 bits per heavy atom. The van der Waals surface area contributed by atoms with Gasteiger partial charge in [0.15, 0.2) is 0 Å². The molecule has 0 saturated heterocycles. The van der Waals surface area contributed by atoms with Crippen molar-refractivity contribution in [2.45, 2.75) is 13.5 Å². The minimum Gasteiger partial charge on any atom is -0.424 e. The molecule has 0 saturated carbocycles. The largest absolute Gasteiger partial charge is 0.424 e. The molecule has 0 aromatic carbocycles. The Labute approximate surface area is 102 Å². The van der Waals surface area contributed by atoms with Crippen LogP contribution in [0.15, 0.2) is 22.7 Å². The van der Waals surface area contributed by atoms with Crippen molar-refractivity contribution in [1.82, 2.24) is 20.5 Å². The smallest absolute Gasteiger partial charge is 0.270 e. The van der Waals surface area contributed by atoms with E-state index >= 15 is 0 Å². The Morgan fingerprint density at radius 1 is 1.53 bits per heavy atom. The number of nitrogens with zero attached hydrogens (tertiary/aromatic N) is 3. The van der Waals surface area contributed by atoms with Gasteiger partial charge in [0.1, 0.15) is 5.69 Å². The zero-order valence-electron chi connectivity index (χ0n) is 8.98. The molecule has 0 aliphatic heterocycles. The molecule has 0 bridgehead atoms. The molecule has 1 amide bonds. The van der Waals surface area contributed by atoms with Crippen molar-refractivity contribution in [3.8, 4) is 0 Å². The summed E-state index contributed by atoms with van der Waals surface area (Å²) >= 11 is 5.75. The van der Waals surface area contributed by atoms with E-state index in [0.29, 0.717) is 16.8 Å². The van der Waals surface area contributed by atoms with Gasteiger partial charge in [-0.3, -0.25) is 9.78 Å². The summed E-state index contributed by atoms with van der Waals surface area (Å²) in [7, 11) is 0. The lowest BCUT2D eigenvalue weighted by molar-refractivity contribution is 0.0942. The number of amides is 1. The molecule has 2 rings (SSSR count). The number of rotatable bonds is 3. The molecule has 2 aromatic heterocycles. The fourth-order valence-electron chi connectivity index (χ4n) is 1.18. The number of nitrogens with one attached hydrogen (secondary N) is 1. The Kier molecular flexibility index (Phi) is 3.34. The topological polar surface area (TPSA) is 80.9 Å². The van der Waals surface area contributed by atoms with Crippen LogP contribution in [0.2, 0.25) is 5.02 Å². The number of aromatic nitrogens is 3. The molecule has 2 heterocycles. The lowest BCUT2D eigenvalue weighted by Gasteiger charge is -2.01. The van der Waals surface area contributed by atoms with Crippen LogP contribution in [0.1, 0.15) is 22.3 Å². The van der Waals surface area contributed by atoms with Crippen LogP contribution in [-0.4, -0.2) is 21.1 Å². The Bertz CT molecular complexity index is 541. The molecule has 17 heavy (non-hydrogen) atoms. The zero-order valence-corrected chi connectivity index (χ0v) is 9.73. The summed E-state index contributed by atoms with van der Waals surface area (Å²) in [6.07, 6.45) is 1.47. The predicted octanol–water partition coefficient (Wildman–Crippen LogP) is 1.36. The quantitative estimate of drug-likeness (QED) is 0.892. The molecule has 0 radical (unpaired) electrons. The van der Waals surface area contributed by atoms with Crippen molar-refractivity contribution < 1.29 is 9.21 Å². The Balaban J connectivity index is 1.98. The molecule has 0 unspecified atom stereocenters. The number of hydrogen-bond acceptors (Lipinski definition) is 5. The van der Waals surface area contributed by atoms with Gasteiger partial charge < -0.3 is 9.73 Å². The van der Waals surface area contributed by atoms with E-state index < -0.39 is 0 Å². The maximum absolute atomic E-state index is 11.7. The first-order chi connectivity index (χ1) is 8.15. The summed E-state index contributed by atoms with van der Waals surface area (Å²) < 4.78 is 5.11. The molecular weight excluding hydrogens is 244 g/mol. The molecule has 2 aromatic rings. The van der Waals surface area contributed by atoms with Crippen LogP contribution in [0.3, 0.4) is 0 Å². The number of carbonyl (C=O) groups excluding carboxylic acids is 1. The minimum absolute atomic E-state index is 0.161. The van der Waals surface area contributed by atoms with Gasteiger partial charge in [0.2, 0.25) is 11.8 Å². The van der Waals surface area contributed by atoms with Crippen LogP contribution >= 0.6 is 11.6 Å². The molecule has 6 nitrogen and oxygen atoms in total. The van der Waals surface area contributed by atoms with Crippen LogP contribution in [0.4, 0.5) is 0 Å². The minimum atomic E-state index is -0.344. The maximum atomic E-state index is 11.7. The van der Waals surface area contributed by atoms with E-state index in [1.54, 1.807) is 13.0 Å². The third-order valence-corrected chi connectivity index (χ3v) is 2.16. The van der Waals surface area contributed by atoms with E-state index in [9.17, 15) is 4.79 Å². The second kappa shape index (κ2) is 4.92. The first-order valence-corrected chi connectivity index (χ1v) is 5.21. The molecule has 7 heteroatoms. The third-order valence-electron chi connectivity index (χ3n) is 1.92. The fourth-order valence-corrected chi connectivity index (χ4v) is 1.34. The first-order valence-electron chi connectivity index (χ1n) is 4.84. The van der Waals surface area contributed by atoms with Gasteiger partial charge in [-0.2, -0.15) is 0 Å². The van der Waals surface area contributed by atoms with Gasteiger partial charge in [0, 0.05) is 18.1 Å². The molecular formula is C10H9ClN4O2. The lowest BCUT2D eigenvalue weighted by atomic mass is 10.3. The molecule has 0 spiro atoms. The van der Waals surface area contributed by atoms with Crippen molar-refractivity contribution in [3.05, 3.63) is 40.8 Å². The second-order valence-corrected chi connectivity index (χ2v) is 3.69. The maximum Gasteiger partial charge on any atom is 0.270 e. The standard InChI is InChI=1S/C10H9ClN4O2/c1-6-14-15-9(17-6)5-13-10(16)8-4-7(11)2-3-12-8/h2-4H,5H2,1H3,(H,13,16). The lowest BCUT2D eigenvalue weighted by Crippen LogP contribution is -2.23. The van der Waals surface area contributed by atoms with Gasteiger partial charge in [-0.15, -0.1) is 10.2 Å². The molecule has 1 N–H and O–H groups in total. The number of hydrogen-bond donors (Lipinski definition) is 1. The van der Waals surface area contributed by atoms with Gasteiger partial charge in [-0.05, 0) is 12.1 Å². The Hall–Kier alpha value is -1.95. The van der Waals surface area contributed by atoms with Gasteiger partial charge in [0.05, 0.1) is 6.54 Å². The highest BCUT2D eigenvalue weighted by atomic mass is 35.5. The van der Waals surface area contributed by atoms with Gasteiger partial charge in [-0.1, -0.05) is 11.6 Å². The fraction of sp³-hybridized carbons (Fsp3) is 0.200. The van der Waals surface area contributed by atoms with E-state index in [1.807, 2.05) is 0 Å². The summed E-state index contributed by atoms with van der Waals surface area (Å²) in [4.78, 5) is 15.5. The van der Waals surface area contributed by atoms with Gasteiger partial charge in [0.25, 0.3) is 5.91 Å². The monoisotopic (exact) mass is 252 g/mol. The Morgan fingerprint density at radius 3 is 3.00 bits per heavy atom. The molecule has 0 fully saturated rings. The molecule has 0 atom stereocenters. The van der Waals surface area contributed by atoms with Crippen molar-refractivity contribution in [1.29, 1.82) is 0 Å². The van der Waals surface area contributed by atoms with Gasteiger partial charge in [-0.25, -0.2) is 0 Å². The third kappa shape index (κ3) is 3.01. The van der Waals surface area contributed by atoms with Crippen molar-refractivity contribution in [2.75, 3.05) is 0 Å². The summed E-state index contributed by atoms with van der Waals surface area (Å²) in [6, 6.07) is 3.08. The highest BCUT2D eigenvalue weighted by Gasteiger charge is 2.09. The molecule has 88 valence electrons. The second-order valence-electron chi connectivity index (χ2n) is 3.26. The highest BCUT2D eigenvalue weighted by molar-refractivity contribution is 6.30. The van der Waals surface area contributed by atoms with Gasteiger partial charge >= 0.3 is 0 Å². The average Bonchev–Trinajstić information content (AvgIpc) is 2.72. The SMILES string of the molecule is Cc1nnc(CNC(=O)c2cc(Cl)ccn2)o1. The van der Waals surface area contributed by atoms with E-state index in [-0.39, 0.29) is 18.1 Å². The van der Waals surface area contributed by atoms with Crippen LogP contribution in [0, 0.1) is 6.92 Å². The van der Waals surface area contributed by atoms with Crippen molar-refractivity contribution >= 4 is 17.5 Å². The molecule has 0 aliphatic rings. The van der Waals surface area contributed by atoms with E-state index in [2.05, 4.69) is 20.5 Å². The predicted molar refractivity (Wildman–Crippen MR) is 59.5 cm³/mol. The van der Waals surface area contributed by atoms with Crippen LogP contribution in [0.25, 0.3) is 0 Å². The first kappa shape index (κ1) is 11.5. The normalized spacial score (nSPS) is 10.2. The van der Waals surface area contributed by atoms with Crippen LogP contribution < -0.4 is 5.32 Å². The molecule has 0 aliphatic carbocycles. The summed E-state index contributed by atoms with van der Waals surface area (Å²) in [5.74, 6) is 0.455. The van der Waals surface area contributed by atoms with E-state index in [4.69, 9.17) is 16.0 Å². The highest BCUT2D eigenvalue weighted by Crippen LogP contribution is 2.08. The average molecular weight is 253 g/mol. The summed E-state index contributed by atoms with van der Waals surface area (Å²) in [5, 5.41) is 10.5. The summed E-state index contributed by atoms with van der Waals surface area (Å²) in [5.41, 5.74) is 0.244. The van der Waals surface area contributed by atoms with E-state index in [1.165, 1.54) is 12.3 Å². The number of aryl methyl sites for hydroxylation is 1. The van der Waals surface area contributed by atoms with Crippen molar-refractivity contribution in [2.24, 2.45) is 0 Å².